The van der Waals surface area contributed by atoms with Crippen molar-refractivity contribution in [2.24, 2.45) is 22.5 Å². The average Bonchev–Trinajstić information content (AvgIpc) is 2.74. The van der Waals surface area contributed by atoms with Crippen LogP contribution in [0.25, 0.3) is 0 Å². The summed E-state index contributed by atoms with van der Waals surface area (Å²) in [6.45, 7) is 8.64. The van der Waals surface area contributed by atoms with Gasteiger partial charge in [-0.25, -0.2) is 4.79 Å². The van der Waals surface area contributed by atoms with Crippen LogP contribution >= 0.6 is 0 Å². The molecular formula is C14H25N3O2. The maximum atomic E-state index is 11.8. The fourth-order valence-electron chi connectivity index (χ4n) is 4.27. The summed E-state index contributed by atoms with van der Waals surface area (Å²) in [6, 6.07) is -0.905. The Morgan fingerprint density at radius 3 is 2.42 bits per heavy atom. The Labute approximate surface area is 114 Å². The van der Waals surface area contributed by atoms with Crippen LogP contribution in [0, 0.1) is 16.7 Å². The summed E-state index contributed by atoms with van der Waals surface area (Å²) >= 11 is 0. The van der Waals surface area contributed by atoms with Crippen molar-refractivity contribution in [3.05, 3.63) is 0 Å². The molecule has 0 spiro atoms. The van der Waals surface area contributed by atoms with E-state index in [0.29, 0.717) is 6.04 Å². The van der Waals surface area contributed by atoms with Crippen molar-refractivity contribution in [1.29, 1.82) is 0 Å². The number of fused-ring (bicyclic) bond motifs is 2. The van der Waals surface area contributed by atoms with Gasteiger partial charge in [-0.2, -0.15) is 0 Å². The lowest BCUT2D eigenvalue weighted by Gasteiger charge is -2.44. The number of carbonyl (C=O) groups is 2. The number of primary amides is 1. The Balaban J connectivity index is 2.06. The first kappa shape index (κ1) is 14.3. The fourth-order valence-corrected chi connectivity index (χ4v) is 4.27. The lowest BCUT2D eigenvalue weighted by Crippen LogP contribution is -2.57. The van der Waals surface area contributed by atoms with E-state index in [4.69, 9.17) is 5.73 Å². The minimum absolute atomic E-state index is 0.189. The highest BCUT2D eigenvalue weighted by molar-refractivity contribution is 5.96. The molecule has 0 saturated heterocycles. The van der Waals surface area contributed by atoms with Gasteiger partial charge in [0.15, 0.2) is 0 Å². The molecule has 3 amide bonds. The molecule has 0 aromatic heterocycles. The van der Waals surface area contributed by atoms with E-state index in [-0.39, 0.29) is 16.7 Å². The van der Waals surface area contributed by atoms with Gasteiger partial charge in [-0.05, 0) is 42.9 Å². The molecule has 4 unspecified atom stereocenters. The molecule has 2 fully saturated rings. The number of amides is 3. The van der Waals surface area contributed by atoms with E-state index in [1.165, 1.54) is 19.3 Å². The molecule has 0 aliphatic heterocycles. The Morgan fingerprint density at radius 2 is 1.95 bits per heavy atom. The molecule has 2 saturated carbocycles. The zero-order chi connectivity index (χ0) is 14.4. The standard InChI is InChI=1S/C14H25N3O2/c1-8(10(18)17-12(15)19)16-11-13(2,3)9-5-6-14(11,4)7-9/h8-9,11,16H,5-7H2,1-4H3,(H3,15,17,18,19). The van der Waals surface area contributed by atoms with E-state index in [1.807, 2.05) is 0 Å². The van der Waals surface area contributed by atoms with Crippen LogP contribution in [0.15, 0.2) is 0 Å². The molecule has 19 heavy (non-hydrogen) atoms. The van der Waals surface area contributed by atoms with E-state index in [9.17, 15) is 9.59 Å². The zero-order valence-corrected chi connectivity index (χ0v) is 12.2. The predicted molar refractivity (Wildman–Crippen MR) is 73.3 cm³/mol. The second kappa shape index (κ2) is 4.47. The van der Waals surface area contributed by atoms with E-state index in [2.05, 4.69) is 31.4 Å². The van der Waals surface area contributed by atoms with Crippen molar-refractivity contribution in [2.75, 3.05) is 0 Å². The second-order valence-electron chi connectivity index (χ2n) is 7.09. The molecule has 2 bridgehead atoms. The summed E-state index contributed by atoms with van der Waals surface area (Å²) in [4.78, 5) is 22.5. The molecular weight excluding hydrogens is 242 g/mol. The number of nitrogens with two attached hydrogens (primary N) is 1. The Morgan fingerprint density at radius 1 is 1.32 bits per heavy atom. The number of carbonyl (C=O) groups excluding carboxylic acids is 2. The van der Waals surface area contributed by atoms with Crippen LogP contribution in [0.2, 0.25) is 0 Å². The largest absolute Gasteiger partial charge is 0.351 e. The molecule has 2 aliphatic carbocycles. The Hall–Kier alpha value is -1.10. The normalized spacial score (nSPS) is 37.1. The minimum Gasteiger partial charge on any atom is -0.351 e. The summed E-state index contributed by atoms with van der Waals surface area (Å²) in [5, 5.41) is 5.56. The number of hydrogen-bond donors (Lipinski definition) is 3. The van der Waals surface area contributed by atoms with Gasteiger partial charge in [-0.3, -0.25) is 10.1 Å². The van der Waals surface area contributed by atoms with Gasteiger partial charge in [0, 0.05) is 6.04 Å². The van der Waals surface area contributed by atoms with Crippen LogP contribution in [0.1, 0.15) is 47.0 Å². The average molecular weight is 267 g/mol. The van der Waals surface area contributed by atoms with Gasteiger partial charge in [0.2, 0.25) is 5.91 Å². The number of nitrogens with one attached hydrogen (secondary N) is 2. The summed E-state index contributed by atoms with van der Waals surface area (Å²) in [6.07, 6.45) is 3.72. The highest BCUT2D eigenvalue weighted by Crippen LogP contribution is 2.62. The highest BCUT2D eigenvalue weighted by atomic mass is 16.2. The molecule has 0 aromatic carbocycles. The maximum Gasteiger partial charge on any atom is 0.318 e. The SMILES string of the molecule is CC(NC1C2(C)CCC(C2)C1(C)C)C(=O)NC(N)=O. The van der Waals surface area contributed by atoms with Crippen molar-refractivity contribution in [1.82, 2.24) is 10.6 Å². The molecule has 0 radical (unpaired) electrons. The third-order valence-electron chi connectivity index (χ3n) is 5.33. The summed E-state index contributed by atoms with van der Waals surface area (Å²) < 4.78 is 0. The third kappa shape index (κ3) is 2.36. The van der Waals surface area contributed by atoms with Crippen molar-refractivity contribution in [2.45, 2.75) is 59.0 Å². The molecule has 2 rings (SSSR count). The monoisotopic (exact) mass is 267 g/mol. The molecule has 108 valence electrons. The second-order valence-corrected chi connectivity index (χ2v) is 7.09. The molecule has 0 aromatic rings. The smallest absolute Gasteiger partial charge is 0.318 e. The Bertz CT molecular complexity index is 403. The predicted octanol–water partition coefficient (Wildman–Crippen LogP) is 1.37. The van der Waals surface area contributed by atoms with Crippen LogP contribution in [-0.4, -0.2) is 24.0 Å². The number of rotatable bonds is 3. The summed E-state index contributed by atoms with van der Waals surface area (Å²) in [5.74, 6) is 0.371. The number of hydrogen-bond acceptors (Lipinski definition) is 3. The van der Waals surface area contributed by atoms with E-state index in [1.54, 1.807) is 6.92 Å². The van der Waals surface area contributed by atoms with Crippen LogP contribution in [0.3, 0.4) is 0 Å². The quantitative estimate of drug-likeness (QED) is 0.722. The van der Waals surface area contributed by atoms with Crippen molar-refractivity contribution >= 4 is 11.9 Å². The van der Waals surface area contributed by atoms with E-state index >= 15 is 0 Å². The van der Waals surface area contributed by atoms with Crippen LogP contribution in [0.5, 0.6) is 0 Å². The number of urea groups is 1. The zero-order valence-electron chi connectivity index (χ0n) is 12.2. The maximum absolute atomic E-state index is 11.8. The minimum atomic E-state index is -0.794. The van der Waals surface area contributed by atoms with Crippen LogP contribution in [-0.2, 0) is 4.79 Å². The Kier molecular flexibility index (Phi) is 3.37. The van der Waals surface area contributed by atoms with Crippen molar-refractivity contribution in [3.63, 3.8) is 0 Å². The van der Waals surface area contributed by atoms with Crippen molar-refractivity contribution < 1.29 is 9.59 Å². The molecule has 4 atom stereocenters. The van der Waals surface area contributed by atoms with Gasteiger partial charge in [-0.1, -0.05) is 20.8 Å². The summed E-state index contributed by atoms with van der Waals surface area (Å²) in [7, 11) is 0. The van der Waals surface area contributed by atoms with E-state index in [0.717, 1.165) is 5.92 Å². The van der Waals surface area contributed by atoms with Gasteiger partial charge in [0.05, 0.1) is 6.04 Å². The van der Waals surface area contributed by atoms with E-state index < -0.39 is 12.1 Å². The molecule has 2 aliphatic rings. The van der Waals surface area contributed by atoms with Gasteiger partial charge in [-0.15, -0.1) is 0 Å². The van der Waals surface area contributed by atoms with Crippen molar-refractivity contribution in [3.8, 4) is 0 Å². The first-order valence-electron chi connectivity index (χ1n) is 7.03. The van der Waals surface area contributed by atoms with Gasteiger partial charge in [0.25, 0.3) is 0 Å². The lowest BCUT2D eigenvalue weighted by atomic mass is 9.68. The first-order chi connectivity index (χ1) is 8.67. The first-order valence-corrected chi connectivity index (χ1v) is 7.03. The van der Waals surface area contributed by atoms with Gasteiger partial charge >= 0.3 is 6.03 Å². The van der Waals surface area contributed by atoms with Gasteiger partial charge in [0.1, 0.15) is 0 Å². The molecule has 4 N–H and O–H groups in total. The highest BCUT2D eigenvalue weighted by Gasteiger charge is 2.59. The fraction of sp³-hybridized carbons (Fsp3) is 0.857. The van der Waals surface area contributed by atoms with Gasteiger partial charge < -0.3 is 11.1 Å². The molecule has 0 heterocycles. The summed E-state index contributed by atoms with van der Waals surface area (Å²) in [5.41, 5.74) is 5.43. The van der Waals surface area contributed by atoms with Crippen LogP contribution in [0.4, 0.5) is 4.79 Å². The number of imide groups is 1. The molecule has 5 heteroatoms. The lowest BCUT2D eigenvalue weighted by molar-refractivity contribution is -0.122. The third-order valence-corrected chi connectivity index (χ3v) is 5.33. The van der Waals surface area contributed by atoms with Crippen LogP contribution < -0.4 is 16.4 Å². The molecule has 5 nitrogen and oxygen atoms in total. The topological polar surface area (TPSA) is 84.2 Å².